The highest BCUT2D eigenvalue weighted by Gasteiger charge is 2.26. The Hall–Kier alpha value is -3.88. The summed E-state index contributed by atoms with van der Waals surface area (Å²) in [5.41, 5.74) is 6.60. The van der Waals surface area contributed by atoms with Crippen LogP contribution in [0.5, 0.6) is 5.75 Å². The van der Waals surface area contributed by atoms with E-state index in [9.17, 15) is 19.2 Å². The Balaban J connectivity index is 1.62. The van der Waals surface area contributed by atoms with E-state index in [0.717, 1.165) is 5.56 Å². The maximum atomic E-state index is 12.7. The summed E-state index contributed by atoms with van der Waals surface area (Å²) in [6.45, 7) is 0.165. The van der Waals surface area contributed by atoms with Crippen LogP contribution >= 0.6 is 0 Å². The molecule has 0 spiro atoms. The van der Waals surface area contributed by atoms with Gasteiger partial charge >= 0.3 is 0 Å². The lowest BCUT2D eigenvalue weighted by molar-refractivity contribution is -0.129. The zero-order valence-corrected chi connectivity index (χ0v) is 17.6. The van der Waals surface area contributed by atoms with Crippen molar-refractivity contribution in [2.24, 2.45) is 5.73 Å². The number of nitrogens with zero attached hydrogens (tertiary/aromatic N) is 1. The number of para-hydroxylation sites is 2. The molecule has 2 aromatic rings. The highest BCUT2D eigenvalue weighted by atomic mass is 16.5. The summed E-state index contributed by atoms with van der Waals surface area (Å²) < 4.78 is 5.41. The van der Waals surface area contributed by atoms with E-state index in [4.69, 9.17) is 10.5 Å². The largest absolute Gasteiger partial charge is 0.482 e. The predicted octanol–water partition coefficient (Wildman–Crippen LogP) is 0.521. The van der Waals surface area contributed by atoms with Crippen molar-refractivity contribution in [2.45, 2.75) is 25.3 Å². The van der Waals surface area contributed by atoms with E-state index in [2.05, 4.69) is 10.6 Å². The smallest absolute Gasteiger partial charge is 0.265 e. The standard InChI is InChI=1S/C23H26N4O5/c24-20(28)10-12-25-23(31)17(14-16-6-2-1-3-7-16)26-21(29)11-13-27-18-8-4-5-9-19(18)32-15-22(27)30/h1-9,17H,10-15H2,(H2,24,28)(H,25,31)(H,26,29)/t17-/m1/s1. The highest BCUT2D eigenvalue weighted by Crippen LogP contribution is 2.31. The van der Waals surface area contributed by atoms with E-state index in [1.54, 1.807) is 18.2 Å². The molecule has 0 radical (unpaired) electrons. The summed E-state index contributed by atoms with van der Waals surface area (Å²) in [7, 11) is 0. The van der Waals surface area contributed by atoms with Crippen molar-refractivity contribution in [2.75, 3.05) is 24.6 Å². The quantitative estimate of drug-likeness (QED) is 0.498. The maximum Gasteiger partial charge on any atom is 0.265 e. The average Bonchev–Trinajstić information content (AvgIpc) is 2.78. The van der Waals surface area contributed by atoms with E-state index < -0.39 is 17.9 Å². The van der Waals surface area contributed by atoms with Crippen LogP contribution in [0.25, 0.3) is 0 Å². The van der Waals surface area contributed by atoms with Crippen molar-refractivity contribution >= 4 is 29.3 Å². The minimum Gasteiger partial charge on any atom is -0.482 e. The minimum absolute atomic E-state index is 0.0102. The summed E-state index contributed by atoms with van der Waals surface area (Å²) in [6.07, 6.45) is 0.310. The lowest BCUT2D eigenvalue weighted by Crippen LogP contribution is -2.49. The van der Waals surface area contributed by atoms with E-state index in [-0.39, 0.29) is 50.8 Å². The first-order valence-electron chi connectivity index (χ1n) is 10.4. The van der Waals surface area contributed by atoms with Crippen LogP contribution in [-0.2, 0) is 25.6 Å². The third-order valence-corrected chi connectivity index (χ3v) is 4.98. The van der Waals surface area contributed by atoms with Crippen molar-refractivity contribution in [3.8, 4) is 5.75 Å². The number of carbonyl (C=O) groups excluding carboxylic acids is 4. The van der Waals surface area contributed by atoms with Crippen LogP contribution in [0.3, 0.4) is 0 Å². The molecule has 9 heteroatoms. The number of amides is 4. The van der Waals surface area contributed by atoms with E-state index in [1.165, 1.54) is 4.90 Å². The van der Waals surface area contributed by atoms with Gasteiger partial charge in [0.15, 0.2) is 6.61 Å². The van der Waals surface area contributed by atoms with E-state index >= 15 is 0 Å². The van der Waals surface area contributed by atoms with Crippen molar-refractivity contribution < 1.29 is 23.9 Å². The molecule has 0 saturated heterocycles. The SMILES string of the molecule is NC(=O)CCNC(=O)[C@@H](Cc1ccccc1)NC(=O)CCN1C(=O)COc2ccccc21. The van der Waals surface area contributed by atoms with Crippen molar-refractivity contribution in [3.63, 3.8) is 0 Å². The Bertz CT molecular complexity index is 979. The average molecular weight is 438 g/mol. The van der Waals surface area contributed by atoms with Gasteiger partial charge in [-0.3, -0.25) is 19.2 Å². The molecule has 0 fully saturated rings. The second kappa shape index (κ2) is 10.9. The van der Waals surface area contributed by atoms with E-state index in [0.29, 0.717) is 11.4 Å². The normalized spacial score (nSPS) is 13.5. The maximum absolute atomic E-state index is 12.7. The van der Waals surface area contributed by atoms with Gasteiger partial charge in [-0.1, -0.05) is 42.5 Å². The molecule has 1 aliphatic heterocycles. The molecule has 4 amide bonds. The van der Waals surface area contributed by atoms with Gasteiger partial charge in [0.2, 0.25) is 17.7 Å². The van der Waals surface area contributed by atoms with Gasteiger partial charge in [0.1, 0.15) is 11.8 Å². The topological polar surface area (TPSA) is 131 Å². The fourth-order valence-electron chi connectivity index (χ4n) is 3.37. The van der Waals surface area contributed by atoms with Crippen LogP contribution in [0.2, 0.25) is 0 Å². The molecule has 0 saturated carbocycles. The molecule has 1 heterocycles. The number of nitrogens with two attached hydrogens (primary N) is 1. The second-order valence-corrected chi connectivity index (χ2v) is 7.37. The van der Waals surface area contributed by atoms with Crippen LogP contribution in [0.1, 0.15) is 18.4 Å². The zero-order chi connectivity index (χ0) is 22.9. The molecule has 9 nitrogen and oxygen atoms in total. The third kappa shape index (κ3) is 6.31. The Morgan fingerprint density at radius 3 is 2.50 bits per heavy atom. The van der Waals surface area contributed by atoms with Crippen LogP contribution < -0.4 is 26.0 Å². The summed E-state index contributed by atoms with van der Waals surface area (Å²) >= 11 is 0. The Labute approximate surface area is 185 Å². The predicted molar refractivity (Wildman–Crippen MR) is 118 cm³/mol. The fraction of sp³-hybridized carbons (Fsp3) is 0.304. The number of ether oxygens (including phenoxy) is 1. The van der Waals surface area contributed by atoms with E-state index in [1.807, 2.05) is 36.4 Å². The van der Waals surface area contributed by atoms with Gasteiger partial charge in [-0.25, -0.2) is 0 Å². The molecule has 3 rings (SSSR count). The highest BCUT2D eigenvalue weighted by molar-refractivity contribution is 5.98. The number of rotatable bonds is 10. The van der Waals surface area contributed by atoms with Gasteiger partial charge in [0, 0.05) is 32.4 Å². The Morgan fingerprint density at radius 2 is 1.75 bits per heavy atom. The number of carbonyl (C=O) groups is 4. The minimum atomic E-state index is -0.828. The molecule has 168 valence electrons. The Kier molecular flexibility index (Phi) is 7.80. The molecule has 0 aliphatic carbocycles. The molecular weight excluding hydrogens is 412 g/mol. The summed E-state index contributed by atoms with van der Waals surface area (Å²) in [4.78, 5) is 50.0. The van der Waals surface area contributed by atoms with Crippen LogP contribution in [-0.4, -0.2) is 49.4 Å². The number of hydrogen-bond donors (Lipinski definition) is 3. The first-order valence-corrected chi connectivity index (χ1v) is 10.4. The van der Waals surface area contributed by atoms with Gasteiger partial charge in [0.25, 0.3) is 5.91 Å². The van der Waals surface area contributed by atoms with Gasteiger partial charge in [-0.05, 0) is 17.7 Å². The monoisotopic (exact) mass is 438 g/mol. The number of nitrogens with one attached hydrogen (secondary N) is 2. The molecule has 1 aliphatic rings. The zero-order valence-electron chi connectivity index (χ0n) is 17.6. The number of hydrogen-bond acceptors (Lipinski definition) is 5. The first kappa shape index (κ1) is 22.8. The number of primary amides is 1. The molecular formula is C23H26N4O5. The molecule has 2 aromatic carbocycles. The second-order valence-electron chi connectivity index (χ2n) is 7.37. The number of fused-ring (bicyclic) bond motifs is 1. The Morgan fingerprint density at radius 1 is 1.03 bits per heavy atom. The lowest BCUT2D eigenvalue weighted by atomic mass is 10.0. The third-order valence-electron chi connectivity index (χ3n) is 4.98. The van der Waals surface area contributed by atoms with Gasteiger partial charge in [-0.2, -0.15) is 0 Å². The summed E-state index contributed by atoms with van der Waals surface area (Å²) in [5.74, 6) is -0.946. The number of anilines is 1. The van der Waals surface area contributed by atoms with Crippen molar-refractivity contribution in [1.29, 1.82) is 0 Å². The van der Waals surface area contributed by atoms with Crippen molar-refractivity contribution in [1.82, 2.24) is 10.6 Å². The fourth-order valence-corrected chi connectivity index (χ4v) is 3.37. The van der Waals surface area contributed by atoms with Crippen molar-refractivity contribution in [3.05, 3.63) is 60.2 Å². The van der Waals surface area contributed by atoms with Gasteiger partial charge in [0.05, 0.1) is 5.69 Å². The molecule has 1 atom stereocenters. The lowest BCUT2D eigenvalue weighted by Gasteiger charge is -2.29. The molecule has 0 bridgehead atoms. The van der Waals surface area contributed by atoms with Gasteiger partial charge in [-0.15, -0.1) is 0 Å². The summed E-state index contributed by atoms with van der Waals surface area (Å²) in [6, 6.07) is 15.6. The van der Waals surface area contributed by atoms with Crippen LogP contribution in [0.4, 0.5) is 5.69 Å². The number of benzene rings is 2. The van der Waals surface area contributed by atoms with Gasteiger partial charge < -0.3 is 26.0 Å². The first-order chi connectivity index (χ1) is 15.4. The molecule has 0 unspecified atom stereocenters. The summed E-state index contributed by atoms with van der Waals surface area (Å²) in [5, 5.41) is 5.38. The molecule has 4 N–H and O–H groups in total. The molecule has 0 aromatic heterocycles. The van der Waals surface area contributed by atoms with Crippen LogP contribution in [0, 0.1) is 0 Å². The van der Waals surface area contributed by atoms with Crippen LogP contribution in [0.15, 0.2) is 54.6 Å². The molecule has 32 heavy (non-hydrogen) atoms.